The van der Waals surface area contributed by atoms with Crippen LogP contribution in [-0.4, -0.2) is 55.3 Å². The van der Waals surface area contributed by atoms with Crippen LogP contribution in [0.1, 0.15) is 47.8 Å². The summed E-state index contributed by atoms with van der Waals surface area (Å²) in [6.07, 6.45) is 2.88. The largest absolute Gasteiger partial charge is 0.760 e. The van der Waals surface area contributed by atoms with Crippen molar-refractivity contribution in [2.45, 2.75) is 39.2 Å². The lowest BCUT2D eigenvalue weighted by Gasteiger charge is -2.24. The molecule has 0 saturated carbocycles. The Balaban J connectivity index is 1.89. The second kappa shape index (κ2) is 12.7. The average Bonchev–Trinajstić information content (AvgIpc) is 3.19. The molecule has 2 N–H and O–H groups in total. The first kappa shape index (κ1) is 28.9. The fourth-order valence-electron chi connectivity index (χ4n) is 3.83. The van der Waals surface area contributed by atoms with Crippen molar-refractivity contribution in [2.24, 2.45) is 0 Å². The number of furan rings is 1. The fraction of sp³-hybridized carbons (Fsp3) is 0.417. The van der Waals surface area contributed by atoms with Crippen LogP contribution in [0.3, 0.4) is 0 Å². The normalized spacial score (nSPS) is 14.2. The summed E-state index contributed by atoms with van der Waals surface area (Å²) < 4.78 is 43.2. The maximum Gasteiger partial charge on any atom is 0.255 e. The van der Waals surface area contributed by atoms with Crippen LogP contribution in [0.4, 0.5) is 0 Å². The molecule has 1 amide bonds. The molecule has 2 heterocycles. The van der Waals surface area contributed by atoms with Crippen molar-refractivity contribution < 1.29 is 27.4 Å². The van der Waals surface area contributed by atoms with E-state index >= 15 is 0 Å². The van der Waals surface area contributed by atoms with Crippen LogP contribution in [0.2, 0.25) is 0 Å². The molecule has 2 aromatic heterocycles. The van der Waals surface area contributed by atoms with Gasteiger partial charge in [0, 0.05) is 46.8 Å². The first-order valence-corrected chi connectivity index (χ1v) is 16.0. The minimum Gasteiger partial charge on any atom is -0.760 e. The number of aryl methyl sites for hydroxylation is 1. The van der Waals surface area contributed by atoms with E-state index in [0.29, 0.717) is 45.2 Å². The van der Waals surface area contributed by atoms with E-state index in [0.717, 1.165) is 17.5 Å². The fourth-order valence-corrected chi connectivity index (χ4v) is 5.75. The number of hydrogen-bond acceptors (Lipinski definition) is 6. The van der Waals surface area contributed by atoms with Crippen LogP contribution >= 0.6 is 30.0 Å². The molecule has 0 aliphatic rings. The Morgan fingerprint density at radius 1 is 1.28 bits per heavy atom. The van der Waals surface area contributed by atoms with Crippen molar-refractivity contribution in [3.8, 4) is 11.3 Å². The quantitative estimate of drug-likeness (QED) is 0.126. The number of benzene rings is 1. The second-order valence-electron chi connectivity index (χ2n) is 8.62. The predicted molar refractivity (Wildman–Crippen MR) is 149 cm³/mol. The molecule has 3 aromatic rings. The molecule has 36 heavy (non-hydrogen) atoms. The van der Waals surface area contributed by atoms with E-state index in [2.05, 4.69) is 39.8 Å². The molecule has 0 radical (unpaired) electrons. The van der Waals surface area contributed by atoms with E-state index in [1.54, 1.807) is 13.1 Å². The molecule has 3 rings (SSSR count). The number of nitrogens with one attached hydrogen (secondary N) is 1. The number of unbranched alkanes of at least 4 members (excludes halogenated alkanes) is 2. The Labute approximate surface area is 227 Å². The van der Waals surface area contributed by atoms with Crippen molar-refractivity contribution in [3.05, 3.63) is 50.7 Å². The van der Waals surface area contributed by atoms with E-state index in [4.69, 9.17) is 4.42 Å². The van der Waals surface area contributed by atoms with Gasteiger partial charge in [0.2, 0.25) is 5.71 Å². The molecule has 0 aliphatic heterocycles. The van der Waals surface area contributed by atoms with Crippen LogP contribution < -0.4 is 5.32 Å². The van der Waals surface area contributed by atoms with E-state index in [1.807, 2.05) is 24.3 Å². The van der Waals surface area contributed by atoms with E-state index in [1.165, 1.54) is 11.0 Å². The van der Waals surface area contributed by atoms with Gasteiger partial charge in [0.05, 0.1) is 23.2 Å². The molecular formula is C24H30IN3O6PS-. The molecule has 0 fully saturated rings. The van der Waals surface area contributed by atoms with Crippen LogP contribution in [0.15, 0.2) is 34.7 Å². The maximum absolute atomic E-state index is 12.8. The highest BCUT2D eigenvalue weighted by molar-refractivity contribution is 14.1. The number of amides is 1. The molecule has 2 unspecified atom stereocenters. The Morgan fingerprint density at radius 2 is 1.97 bits per heavy atom. The summed E-state index contributed by atoms with van der Waals surface area (Å²) in [5, 5.41) is 3.22. The van der Waals surface area contributed by atoms with Crippen LogP contribution in [0.25, 0.3) is 22.4 Å². The van der Waals surface area contributed by atoms with Gasteiger partial charge in [-0.15, -0.1) is 0 Å². The third-order valence-corrected chi connectivity index (χ3v) is 8.62. The minimum absolute atomic E-state index is 0.0487. The number of carbonyl (C=O) groups excluding carboxylic acids is 1. The van der Waals surface area contributed by atoms with E-state index in [-0.39, 0.29) is 30.9 Å². The van der Waals surface area contributed by atoms with Gasteiger partial charge in [0.25, 0.3) is 5.91 Å². The summed E-state index contributed by atoms with van der Waals surface area (Å²) in [5.74, 6) is 0.115. The standard InChI is InChI=1S/C24H31IN3O6PS/c1-4-16-8-10-17(11-9-16)22-21(23(29)26-2)18-14-19(25)20(27-24(18)34-22)15-28(36(32)33)12-6-5-7-13-35(3,30)31/h8-11,14H,4-7,12-13,15H2,1-3H3,(H,26,29)(H,30,31)(H,32,33)/p-1. The number of hydrogen-bond donors (Lipinski definition) is 2. The molecule has 9 nitrogen and oxygen atoms in total. The smallest absolute Gasteiger partial charge is 0.255 e. The summed E-state index contributed by atoms with van der Waals surface area (Å²) in [4.78, 5) is 26.8. The lowest BCUT2D eigenvalue weighted by atomic mass is 10.0. The third kappa shape index (κ3) is 7.45. The van der Waals surface area contributed by atoms with Gasteiger partial charge in [-0.1, -0.05) is 37.6 Å². The monoisotopic (exact) mass is 646 g/mol. The number of pyridine rings is 1. The van der Waals surface area contributed by atoms with E-state index < -0.39 is 18.6 Å². The predicted octanol–water partition coefficient (Wildman–Crippen LogP) is 4.69. The van der Waals surface area contributed by atoms with Gasteiger partial charge in [-0.25, -0.2) is 9.29 Å². The zero-order valence-electron chi connectivity index (χ0n) is 20.5. The Hall–Kier alpha value is -1.63. The van der Waals surface area contributed by atoms with Gasteiger partial charge in [0.15, 0.2) is 7.37 Å². The van der Waals surface area contributed by atoms with Crippen molar-refractivity contribution in [2.75, 3.05) is 26.4 Å². The maximum atomic E-state index is 12.8. The number of halogens is 1. The average molecular weight is 646 g/mol. The number of aromatic nitrogens is 1. The molecule has 0 spiro atoms. The zero-order valence-corrected chi connectivity index (χ0v) is 24.3. The molecule has 0 bridgehead atoms. The number of rotatable bonds is 12. The molecule has 2 atom stereocenters. The van der Waals surface area contributed by atoms with Crippen molar-refractivity contribution >= 4 is 58.2 Å². The van der Waals surface area contributed by atoms with Crippen LogP contribution in [-0.2, 0) is 28.8 Å². The van der Waals surface area contributed by atoms with Crippen molar-refractivity contribution in [1.82, 2.24) is 14.6 Å². The summed E-state index contributed by atoms with van der Waals surface area (Å²) in [6.45, 7) is 3.71. The van der Waals surface area contributed by atoms with Gasteiger partial charge in [-0.3, -0.25) is 13.6 Å². The van der Waals surface area contributed by atoms with Gasteiger partial charge < -0.3 is 19.2 Å². The van der Waals surface area contributed by atoms with E-state index in [9.17, 15) is 23.0 Å². The number of carbonyl (C=O) groups is 1. The van der Waals surface area contributed by atoms with Crippen molar-refractivity contribution in [1.29, 1.82) is 0 Å². The molecule has 12 heteroatoms. The Kier molecular flexibility index (Phi) is 10.2. The summed E-state index contributed by atoms with van der Waals surface area (Å²) in [5.41, 5.74) is 3.08. The van der Waals surface area contributed by atoms with Crippen LogP contribution in [0, 0.1) is 3.57 Å². The molecule has 0 aliphatic carbocycles. The van der Waals surface area contributed by atoms with Gasteiger partial charge in [-0.05, 0) is 53.5 Å². The summed E-state index contributed by atoms with van der Waals surface area (Å²) in [7, 11) is -1.50. The van der Waals surface area contributed by atoms with Gasteiger partial charge >= 0.3 is 0 Å². The highest BCUT2D eigenvalue weighted by Gasteiger charge is 2.24. The SMILES string of the molecule is CCc1ccc(-c2oc3nc(CN(CCCCCP(C)(=O)O)S(=O)[O-])c(I)cc3c2C(=O)NC)cc1. The Morgan fingerprint density at radius 3 is 2.56 bits per heavy atom. The molecule has 196 valence electrons. The highest BCUT2D eigenvalue weighted by Crippen LogP contribution is 2.36. The highest BCUT2D eigenvalue weighted by atomic mass is 127. The summed E-state index contributed by atoms with van der Waals surface area (Å²) >= 11 is -0.380. The number of nitrogens with zero attached hydrogens (tertiary/aromatic N) is 2. The number of fused-ring (bicyclic) bond motifs is 1. The first-order valence-electron chi connectivity index (χ1n) is 11.6. The second-order valence-corrected chi connectivity index (χ2v) is 13.3. The lowest BCUT2D eigenvalue weighted by molar-refractivity contribution is 0.0964. The van der Waals surface area contributed by atoms with Gasteiger partial charge in [-0.2, -0.15) is 0 Å². The topological polar surface area (TPSA) is 136 Å². The first-order chi connectivity index (χ1) is 17.0. The lowest BCUT2D eigenvalue weighted by Crippen LogP contribution is -2.27. The molecular weight excluding hydrogens is 616 g/mol. The van der Waals surface area contributed by atoms with Gasteiger partial charge in [0.1, 0.15) is 5.76 Å². The minimum atomic E-state index is -3.06. The summed E-state index contributed by atoms with van der Waals surface area (Å²) in [6, 6.07) is 9.58. The third-order valence-electron chi connectivity index (χ3n) is 5.80. The Bertz CT molecular complexity index is 1290. The molecule has 0 saturated heterocycles. The van der Waals surface area contributed by atoms with Crippen LogP contribution in [0.5, 0.6) is 0 Å². The zero-order chi connectivity index (χ0) is 26.5. The molecule has 1 aromatic carbocycles. The van der Waals surface area contributed by atoms with Crippen molar-refractivity contribution in [3.63, 3.8) is 0 Å².